The standard InChI is InChI=1S/C14H15N5/c1-2-18-10-16-13(14(18)15)11-8-17-19(9-11)12-6-4-3-5-7-12/h3-10H,2,15H2,1H3. The number of rotatable bonds is 3. The van der Waals surface area contributed by atoms with E-state index in [-0.39, 0.29) is 0 Å². The minimum Gasteiger partial charge on any atom is -0.383 e. The van der Waals surface area contributed by atoms with Crippen LogP contribution in [0.3, 0.4) is 0 Å². The van der Waals surface area contributed by atoms with Gasteiger partial charge in [-0.1, -0.05) is 18.2 Å². The van der Waals surface area contributed by atoms with E-state index in [4.69, 9.17) is 5.73 Å². The Bertz CT molecular complexity index is 681. The van der Waals surface area contributed by atoms with Gasteiger partial charge < -0.3 is 10.3 Å². The maximum Gasteiger partial charge on any atom is 0.131 e. The topological polar surface area (TPSA) is 61.7 Å². The van der Waals surface area contributed by atoms with Gasteiger partial charge in [0.1, 0.15) is 11.5 Å². The van der Waals surface area contributed by atoms with Crippen LogP contribution in [0.4, 0.5) is 5.82 Å². The average Bonchev–Trinajstić information content (AvgIpc) is 3.06. The monoisotopic (exact) mass is 253 g/mol. The molecule has 0 aliphatic carbocycles. The Morgan fingerprint density at radius 3 is 2.68 bits per heavy atom. The summed E-state index contributed by atoms with van der Waals surface area (Å²) in [4.78, 5) is 4.35. The number of imidazole rings is 1. The molecule has 3 aromatic rings. The van der Waals surface area contributed by atoms with Gasteiger partial charge in [-0.3, -0.25) is 0 Å². The van der Waals surface area contributed by atoms with Crippen molar-refractivity contribution in [3.63, 3.8) is 0 Å². The zero-order valence-corrected chi connectivity index (χ0v) is 10.7. The minimum absolute atomic E-state index is 0.676. The highest BCUT2D eigenvalue weighted by atomic mass is 15.3. The van der Waals surface area contributed by atoms with Crippen molar-refractivity contribution >= 4 is 5.82 Å². The fraction of sp³-hybridized carbons (Fsp3) is 0.143. The van der Waals surface area contributed by atoms with Gasteiger partial charge in [-0.05, 0) is 19.1 Å². The Morgan fingerprint density at radius 1 is 1.21 bits per heavy atom. The summed E-state index contributed by atoms with van der Waals surface area (Å²) in [6, 6.07) is 9.96. The predicted molar refractivity (Wildman–Crippen MR) is 74.9 cm³/mol. The Kier molecular flexibility index (Phi) is 2.79. The highest BCUT2D eigenvalue weighted by Crippen LogP contribution is 2.24. The van der Waals surface area contributed by atoms with Crippen molar-refractivity contribution in [1.29, 1.82) is 0 Å². The van der Waals surface area contributed by atoms with E-state index < -0.39 is 0 Å². The first-order valence-corrected chi connectivity index (χ1v) is 6.20. The number of aromatic nitrogens is 4. The third-order valence-corrected chi connectivity index (χ3v) is 3.10. The highest BCUT2D eigenvalue weighted by Gasteiger charge is 2.11. The van der Waals surface area contributed by atoms with Crippen molar-refractivity contribution in [2.24, 2.45) is 0 Å². The van der Waals surface area contributed by atoms with E-state index in [9.17, 15) is 0 Å². The Hall–Kier alpha value is -2.56. The van der Waals surface area contributed by atoms with E-state index >= 15 is 0 Å². The molecular formula is C14H15N5. The Balaban J connectivity index is 1.99. The summed E-state index contributed by atoms with van der Waals surface area (Å²) in [7, 11) is 0. The maximum absolute atomic E-state index is 6.06. The van der Waals surface area contributed by atoms with E-state index in [0.717, 1.165) is 23.5 Å². The van der Waals surface area contributed by atoms with Gasteiger partial charge >= 0.3 is 0 Å². The van der Waals surface area contributed by atoms with Crippen LogP contribution in [0.1, 0.15) is 6.92 Å². The molecule has 0 spiro atoms. The molecule has 0 amide bonds. The van der Waals surface area contributed by atoms with E-state index in [1.807, 2.05) is 52.7 Å². The van der Waals surface area contributed by atoms with Gasteiger partial charge in [0.2, 0.25) is 0 Å². The number of para-hydroxylation sites is 1. The number of nitrogen functional groups attached to an aromatic ring is 1. The number of benzene rings is 1. The van der Waals surface area contributed by atoms with Crippen LogP contribution in [-0.2, 0) is 6.54 Å². The van der Waals surface area contributed by atoms with Crippen LogP contribution in [0.2, 0.25) is 0 Å². The summed E-state index contributed by atoms with van der Waals surface area (Å²) in [5, 5.41) is 4.35. The Labute approximate surface area is 111 Å². The molecule has 3 rings (SSSR count). The lowest BCUT2D eigenvalue weighted by Gasteiger charge is -2.00. The lowest BCUT2D eigenvalue weighted by molar-refractivity contribution is 0.771. The number of hydrogen-bond acceptors (Lipinski definition) is 3. The molecule has 0 unspecified atom stereocenters. The van der Waals surface area contributed by atoms with Gasteiger partial charge in [0.15, 0.2) is 0 Å². The molecule has 0 saturated heterocycles. The van der Waals surface area contributed by atoms with Crippen LogP contribution in [0.25, 0.3) is 16.9 Å². The van der Waals surface area contributed by atoms with E-state index in [2.05, 4.69) is 10.1 Å². The first-order valence-electron chi connectivity index (χ1n) is 6.20. The second-order valence-corrected chi connectivity index (χ2v) is 4.27. The first-order chi connectivity index (χ1) is 9.29. The molecule has 0 bridgehead atoms. The van der Waals surface area contributed by atoms with Crippen LogP contribution < -0.4 is 5.73 Å². The van der Waals surface area contributed by atoms with Gasteiger partial charge in [-0.25, -0.2) is 9.67 Å². The third kappa shape index (κ3) is 1.99. The van der Waals surface area contributed by atoms with Crippen molar-refractivity contribution < 1.29 is 0 Å². The van der Waals surface area contributed by atoms with Crippen LogP contribution in [0.15, 0.2) is 49.1 Å². The summed E-state index contributed by atoms with van der Waals surface area (Å²) < 4.78 is 3.73. The van der Waals surface area contributed by atoms with Gasteiger partial charge in [0.25, 0.3) is 0 Å². The average molecular weight is 253 g/mol. The van der Waals surface area contributed by atoms with Crippen molar-refractivity contribution in [2.45, 2.75) is 13.5 Å². The van der Waals surface area contributed by atoms with Crippen LogP contribution in [0.5, 0.6) is 0 Å². The highest BCUT2D eigenvalue weighted by molar-refractivity contribution is 5.69. The lowest BCUT2D eigenvalue weighted by Crippen LogP contribution is -1.99. The quantitative estimate of drug-likeness (QED) is 0.779. The summed E-state index contributed by atoms with van der Waals surface area (Å²) in [6.45, 7) is 2.85. The molecule has 1 aromatic carbocycles. The molecule has 5 heteroatoms. The number of hydrogen-bond donors (Lipinski definition) is 1. The molecule has 0 fully saturated rings. The molecule has 2 heterocycles. The zero-order valence-electron chi connectivity index (χ0n) is 10.7. The van der Waals surface area contributed by atoms with Crippen LogP contribution in [0, 0.1) is 0 Å². The summed E-state index contributed by atoms with van der Waals surface area (Å²) in [5.41, 5.74) is 8.78. The summed E-state index contributed by atoms with van der Waals surface area (Å²) in [6.07, 6.45) is 5.48. The molecule has 96 valence electrons. The zero-order chi connectivity index (χ0) is 13.2. The van der Waals surface area contributed by atoms with E-state index in [1.165, 1.54) is 0 Å². The molecule has 0 aliphatic heterocycles. The lowest BCUT2D eigenvalue weighted by atomic mass is 10.2. The number of anilines is 1. The molecule has 0 radical (unpaired) electrons. The predicted octanol–water partition coefficient (Wildman–Crippen LogP) is 2.34. The molecule has 2 N–H and O–H groups in total. The van der Waals surface area contributed by atoms with Gasteiger partial charge in [-0.15, -0.1) is 0 Å². The molecule has 2 aromatic heterocycles. The van der Waals surface area contributed by atoms with Gasteiger partial charge in [0.05, 0.1) is 18.2 Å². The first kappa shape index (κ1) is 11.5. The largest absolute Gasteiger partial charge is 0.383 e. The molecule has 5 nitrogen and oxygen atoms in total. The SMILES string of the molecule is CCn1cnc(-c2cnn(-c3ccccc3)c2)c1N. The van der Waals surface area contributed by atoms with Crippen LogP contribution in [-0.4, -0.2) is 19.3 Å². The Morgan fingerprint density at radius 2 is 2.00 bits per heavy atom. The van der Waals surface area contributed by atoms with E-state index in [1.54, 1.807) is 12.5 Å². The third-order valence-electron chi connectivity index (χ3n) is 3.10. The summed E-state index contributed by atoms with van der Waals surface area (Å²) >= 11 is 0. The fourth-order valence-corrected chi connectivity index (χ4v) is 2.03. The van der Waals surface area contributed by atoms with Crippen molar-refractivity contribution in [2.75, 3.05) is 5.73 Å². The number of nitrogens with zero attached hydrogens (tertiary/aromatic N) is 4. The second kappa shape index (κ2) is 4.61. The van der Waals surface area contributed by atoms with Crippen LogP contribution >= 0.6 is 0 Å². The van der Waals surface area contributed by atoms with Gasteiger partial charge in [0, 0.05) is 18.3 Å². The molecule has 0 atom stereocenters. The van der Waals surface area contributed by atoms with E-state index in [0.29, 0.717) is 5.82 Å². The molecule has 0 aliphatic rings. The van der Waals surface area contributed by atoms with Crippen molar-refractivity contribution in [3.8, 4) is 16.9 Å². The molecular weight excluding hydrogens is 238 g/mol. The van der Waals surface area contributed by atoms with Gasteiger partial charge in [-0.2, -0.15) is 5.10 Å². The summed E-state index contributed by atoms with van der Waals surface area (Å²) in [5.74, 6) is 0.676. The molecule has 19 heavy (non-hydrogen) atoms. The molecule has 0 saturated carbocycles. The van der Waals surface area contributed by atoms with Crippen molar-refractivity contribution in [3.05, 3.63) is 49.1 Å². The van der Waals surface area contributed by atoms with Crippen molar-refractivity contribution in [1.82, 2.24) is 19.3 Å². The second-order valence-electron chi connectivity index (χ2n) is 4.27. The fourth-order valence-electron chi connectivity index (χ4n) is 2.03. The number of nitrogens with two attached hydrogens (primary N) is 1. The normalized spacial score (nSPS) is 10.8. The maximum atomic E-state index is 6.06. The minimum atomic E-state index is 0.676. The number of aryl methyl sites for hydroxylation is 1. The smallest absolute Gasteiger partial charge is 0.131 e.